The van der Waals surface area contributed by atoms with Crippen LogP contribution in [0.5, 0.6) is 0 Å². The SMILES string of the molecule is c1ccc(Nc2nccn2CCc2cccs2)cc1. The molecule has 0 fully saturated rings. The van der Waals surface area contributed by atoms with E-state index >= 15 is 0 Å². The molecule has 19 heavy (non-hydrogen) atoms. The van der Waals surface area contributed by atoms with Crippen LogP contribution in [0.1, 0.15) is 4.88 Å². The zero-order chi connectivity index (χ0) is 12.9. The number of hydrogen-bond acceptors (Lipinski definition) is 3. The molecular weight excluding hydrogens is 254 g/mol. The van der Waals surface area contributed by atoms with Crippen molar-refractivity contribution in [2.75, 3.05) is 5.32 Å². The monoisotopic (exact) mass is 269 g/mol. The fourth-order valence-corrected chi connectivity index (χ4v) is 2.65. The molecule has 3 aromatic rings. The lowest BCUT2D eigenvalue weighted by Gasteiger charge is -2.09. The molecule has 2 heterocycles. The van der Waals surface area contributed by atoms with Gasteiger partial charge in [-0.1, -0.05) is 24.3 Å². The molecule has 2 aromatic heterocycles. The average Bonchev–Trinajstić information content (AvgIpc) is 3.09. The Balaban J connectivity index is 1.68. The summed E-state index contributed by atoms with van der Waals surface area (Å²) in [5.41, 5.74) is 1.06. The van der Waals surface area contributed by atoms with Crippen LogP contribution >= 0.6 is 11.3 Å². The van der Waals surface area contributed by atoms with Crippen LogP contribution in [-0.4, -0.2) is 9.55 Å². The largest absolute Gasteiger partial charge is 0.326 e. The Morgan fingerprint density at radius 1 is 1.11 bits per heavy atom. The number of imidazole rings is 1. The maximum atomic E-state index is 4.37. The Hall–Kier alpha value is -2.07. The Morgan fingerprint density at radius 3 is 2.79 bits per heavy atom. The van der Waals surface area contributed by atoms with Gasteiger partial charge in [-0.05, 0) is 30.0 Å². The van der Waals surface area contributed by atoms with Crippen molar-refractivity contribution in [2.45, 2.75) is 13.0 Å². The number of hydrogen-bond donors (Lipinski definition) is 1. The molecule has 0 aliphatic carbocycles. The highest BCUT2D eigenvalue weighted by Gasteiger charge is 2.03. The van der Waals surface area contributed by atoms with Gasteiger partial charge >= 0.3 is 0 Å². The average molecular weight is 269 g/mol. The maximum Gasteiger partial charge on any atom is 0.207 e. The summed E-state index contributed by atoms with van der Waals surface area (Å²) in [7, 11) is 0. The van der Waals surface area contributed by atoms with Crippen LogP contribution < -0.4 is 5.32 Å². The van der Waals surface area contributed by atoms with Gasteiger partial charge in [0.1, 0.15) is 0 Å². The molecule has 0 aliphatic heterocycles. The Bertz CT molecular complexity index is 614. The number of anilines is 2. The number of aryl methyl sites for hydroxylation is 2. The first-order valence-corrected chi connectivity index (χ1v) is 7.15. The smallest absolute Gasteiger partial charge is 0.207 e. The van der Waals surface area contributed by atoms with Gasteiger partial charge in [-0.3, -0.25) is 0 Å². The first-order valence-electron chi connectivity index (χ1n) is 6.27. The molecule has 0 radical (unpaired) electrons. The standard InChI is InChI=1S/C15H15N3S/c1-2-5-13(6-3-1)17-15-16-9-11-18(15)10-8-14-7-4-12-19-14/h1-7,9,11-12H,8,10H2,(H,16,17). The van der Waals surface area contributed by atoms with Gasteiger partial charge in [-0.2, -0.15) is 0 Å². The van der Waals surface area contributed by atoms with Crippen LogP contribution in [0.3, 0.4) is 0 Å². The molecular formula is C15H15N3S. The van der Waals surface area contributed by atoms with Crippen molar-refractivity contribution in [1.29, 1.82) is 0 Å². The number of benzene rings is 1. The highest BCUT2D eigenvalue weighted by molar-refractivity contribution is 7.09. The second kappa shape index (κ2) is 5.71. The van der Waals surface area contributed by atoms with E-state index in [0.29, 0.717) is 0 Å². The molecule has 1 aromatic carbocycles. The van der Waals surface area contributed by atoms with Crippen molar-refractivity contribution in [3.8, 4) is 0 Å². The summed E-state index contributed by atoms with van der Waals surface area (Å²) in [5.74, 6) is 0.891. The number of para-hydroxylation sites is 1. The zero-order valence-electron chi connectivity index (χ0n) is 10.5. The molecule has 0 bridgehead atoms. The lowest BCUT2D eigenvalue weighted by atomic mass is 10.3. The molecule has 1 N–H and O–H groups in total. The van der Waals surface area contributed by atoms with E-state index in [9.17, 15) is 0 Å². The van der Waals surface area contributed by atoms with Gasteiger partial charge in [0, 0.05) is 29.5 Å². The van der Waals surface area contributed by atoms with Crippen molar-refractivity contribution >= 4 is 23.0 Å². The van der Waals surface area contributed by atoms with Gasteiger partial charge in [0.25, 0.3) is 0 Å². The van der Waals surface area contributed by atoms with E-state index in [1.807, 2.05) is 42.7 Å². The second-order valence-electron chi connectivity index (χ2n) is 4.26. The normalized spacial score (nSPS) is 10.5. The van der Waals surface area contributed by atoms with Crippen LogP contribution in [0.2, 0.25) is 0 Å². The van der Waals surface area contributed by atoms with Crippen LogP contribution in [0.4, 0.5) is 11.6 Å². The van der Waals surface area contributed by atoms with E-state index in [1.165, 1.54) is 4.88 Å². The number of rotatable bonds is 5. The molecule has 0 saturated heterocycles. The van der Waals surface area contributed by atoms with E-state index in [4.69, 9.17) is 0 Å². The van der Waals surface area contributed by atoms with Crippen molar-refractivity contribution < 1.29 is 0 Å². The minimum atomic E-state index is 0.891. The topological polar surface area (TPSA) is 29.9 Å². The Kier molecular flexibility index (Phi) is 3.61. The summed E-state index contributed by atoms with van der Waals surface area (Å²) in [6, 6.07) is 14.4. The van der Waals surface area contributed by atoms with Crippen molar-refractivity contribution in [3.05, 3.63) is 65.1 Å². The Labute approximate surface area is 116 Å². The number of thiophene rings is 1. The van der Waals surface area contributed by atoms with Crippen LogP contribution in [-0.2, 0) is 13.0 Å². The van der Waals surface area contributed by atoms with Gasteiger partial charge in [0.2, 0.25) is 5.95 Å². The van der Waals surface area contributed by atoms with E-state index in [2.05, 4.69) is 32.4 Å². The minimum Gasteiger partial charge on any atom is -0.326 e. The van der Waals surface area contributed by atoms with E-state index < -0.39 is 0 Å². The summed E-state index contributed by atoms with van der Waals surface area (Å²) in [5, 5.41) is 5.46. The summed E-state index contributed by atoms with van der Waals surface area (Å²) in [6.45, 7) is 0.940. The molecule has 4 heteroatoms. The van der Waals surface area contributed by atoms with Crippen molar-refractivity contribution in [3.63, 3.8) is 0 Å². The summed E-state index contributed by atoms with van der Waals surface area (Å²) < 4.78 is 2.15. The Morgan fingerprint density at radius 2 is 2.00 bits per heavy atom. The molecule has 0 spiro atoms. The molecule has 96 valence electrons. The first kappa shape index (κ1) is 12.0. The van der Waals surface area contributed by atoms with Crippen molar-refractivity contribution in [2.24, 2.45) is 0 Å². The number of aromatic nitrogens is 2. The van der Waals surface area contributed by atoms with E-state index in [-0.39, 0.29) is 0 Å². The lowest BCUT2D eigenvalue weighted by Crippen LogP contribution is -2.04. The van der Waals surface area contributed by atoms with Crippen LogP contribution in [0.15, 0.2) is 60.2 Å². The van der Waals surface area contributed by atoms with E-state index in [1.54, 1.807) is 11.3 Å². The lowest BCUT2D eigenvalue weighted by molar-refractivity contribution is 0.710. The van der Waals surface area contributed by atoms with Crippen molar-refractivity contribution in [1.82, 2.24) is 9.55 Å². The fraction of sp³-hybridized carbons (Fsp3) is 0.133. The number of nitrogens with one attached hydrogen (secondary N) is 1. The molecule has 3 nitrogen and oxygen atoms in total. The van der Waals surface area contributed by atoms with Gasteiger partial charge in [0.15, 0.2) is 0 Å². The van der Waals surface area contributed by atoms with Gasteiger partial charge in [-0.25, -0.2) is 4.98 Å². The summed E-state index contributed by atoms with van der Waals surface area (Å²) in [6.07, 6.45) is 4.88. The first-order chi connectivity index (χ1) is 9.42. The molecule has 0 unspecified atom stereocenters. The highest BCUT2D eigenvalue weighted by atomic mass is 32.1. The zero-order valence-corrected chi connectivity index (χ0v) is 11.3. The summed E-state index contributed by atoms with van der Waals surface area (Å²) in [4.78, 5) is 5.77. The van der Waals surface area contributed by atoms with Crippen LogP contribution in [0, 0.1) is 0 Å². The van der Waals surface area contributed by atoms with Gasteiger partial charge in [0.05, 0.1) is 0 Å². The number of nitrogens with zero attached hydrogens (tertiary/aromatic N) is 2. The minimum absolute atomic E-state index is 0.891. The van der Waals surface area contributed by atoms with E-state index in [0.717, 1.165) is 24.6 Å². The highest BCUT2D eigenvalue weighted by Crippen LogP contribution is 2.16. The molecule has 0 amide bonds. The molecule has 3 rings (SSSR count). The van der Waals surface area contributed by atoms with Gasteiger partial charge in [-0.15, -0.1) is 11.3 Å². The summed E-state index contributed by atoms with van der Waals surface area (Å²) >= 11 is 1.80. The predicted octanol–water partition coefficient (Wildman–Crippen LogP) is 3.93. The second-order valence-corrected chi connectivity index (χ2v) is 5.30. The third-order valence-electron chi connectivity index (χ3n) is 2.92. The molecule has 0 aliphatic rings. The van der Waals surface area contributed by atoms with Gasteiger partial charge < -0.3 is 9.88 Å². The molecule has 0 saturated carbocycles. The third-order valence-corrected chi connectivity index (χ3v) is 3.86. The maximum absolute atomic E-state index is 4.37. The fourth-order valence-electron chi connectivity index (χ4n) is 1.95. The predicted molar refractivity (Wildman–Crippen MR) is 80.0 cm³/mol. The quantitative estimate of drug-likeness (QED) is 0.760. The van der Waals surface area contributed by atoms with Crippen LogP contribution in [0.25, 0.3) is 0 Å². The third kappa shape index (κ3) is 3.03. The molecule has 0 atom stereocenters.